The third-order valence-corrected chi connectivity index (χ3v) is 6.11. The van der Waals surface area contributed by atoms with Crippen molar-refractivity contribution in [1.29, 1.82) is 0 Å². The topological polar surface area (TPSA) is 65.0 Å². The van der Waals surface area contributed by atoms with Crippen molar-refractivity contribution in [2.45, 2.75) is 44.8 Å². The molecule has 0 saturated carbocycles. The second kappa shape index (κ2) is 9.14. The van der Waals surface area contributed by atoms with E-state index in [0.717, 1.165) is 12.8 Å². The van der Waals surface area contributed by atoms with E-state index in [1.807, 2.05) is 30.9 Å². The Morgan fingerprint density at radius 3 is 2.32 bits per heavy atom. The smallest absolute Gasteiger partial charge is 0.321 e. The van der Waals surface area contributed by atoms with Gasteiger partial charge in [0.25, 0.3) is 0 Å². The van der Waals surface area contributed by atoms with Crippen molar-refractivity contribution < 1.29 is 19.0 Å². The first-order valence-electron chi connectivity index (χ1n) is 10.9. The van der Waals surface area contributed by atoms with Gasteiger partial charge in [0.05, 0.1) is 17.9 Å². The molecule has 2 heterocycles. The van der Waals surface area contributed by atoms with Gasteiger partial charge in [0.1, 0.15) is 11.6 Å². The number of morpholine rings is 1. The number of amides is 2. The second-order valence-corrected chi connectivity index (χ2v) is 8.61. The highest BCUT2D eigenvalue weighted by atomic mass is 19.1. The summed E-state index contributed by atoms with van der Waals surface area (Å²) in [6.45, 7) is 6.54. The Labute approximate surface area is 182 Å². The number of nitrogens with zero attached hydrogens (tertiary/aromatic N) is 2. The molecule has 7 heteroatoms. The number of aromatic hydroxyl groups is 1. The second-order valence-electron chi connectivity index (χ2n) is 8.61. The van der Waals surface area contributed by atoms with Crippen LogP contribution < -0.4 is 10.2 Å². The van der Waals surface area contributed by atoms with Gasteiger partial charge in [0.15, 0.2) is 0 Å². The van der Waals surface area contributed by atoms with Gasteiger partial charge < -0.3 is 25.0 Å². The van der Waals surface area contributed by atoms with Crippen molar-refractivity contribution in [3.8, 4) is 5.75 Å². The third-order valence-electron chi connectivity index (χ3n) is 6.11. The maximum absolute atomic E-state index is 14.8. The highest BCUT2D eigenvalue weighted by Crippen LogP contribution is 2.30. The summed E-state index contributed by atoms with van der Waals surface area (Å²) in [5.41, 5.74) is 2.18. The molecule has 6 nitrogen and oxygen atoms in total. The molecule has 0 radical (unpaired) electrons. The first kappa shape index (κ1) is 21.4. The number of nitrogens with one attached hydrogen (secondary N) is 1. The lowest BCUT2D eigenvalue weighted by Gasteiger charge is -2.37. The molecule has 0 aliphatic carbocycles. The molecular formula is C24H30FN3O3. The highest BCUT2D eigenvalue weighted by Gasteiger charge is 2.26. The van der Waals surface area contributed by atoms with E-state index in [0.29, 0.717) is 43.5 Å². The average Bonchev–Trinajstić information content (AvgIpc) is 2.74. The van der Waals surface area contributed by atoms with Gasteiger partial charge in [-0.1, -0.05) is 12.1 Å². The third kappa shape index (κ3) is 5.10. The fourth-order valence-electron chi connectivity index (χ4n) is 4.58. The number of rotatable bonds is 3. The van der Waals surface area contributed by atoms with E-state index in [1.165, 1.54) is 11.6 Å². The highest BCUT2D eigenvalue weighted by molar-refractivity contribution is 5.89. The molecule has 2 saturated heterocycles. The number of carbonyl (C=O) groups is 1. The van der Waals surface area contributed by atoms with E-state index >= 15 is 0 Å². The van der Waals surface area contributed by atoms with Crippen LogP contribution in [-0.4, -0.2) is 54.4 Å². The maximum Gasteiger partial charge on any atom is 0.321 e. The lowest BCUT2D eigenvalue weighted by molar-refractivity contribution is -0.00539. The maximum atomic E-state index is 14.8. The first-order chi connectivity index (χ1) is 14.9. The predicted octanol–water partition coefficient (Wildman–Crippen LogP) is 4.56. The fourth-order valence-corrected chi connectivity index (χ4v) is 4.58. The van der Waals surface area contributed by atoms with E-state index < -0.39 is 0 Å². The zero-order chi connectivity index (χ0) is 22.0. The molecule has 2 atom stereocenters. The van der Waals surface area contributed by atoms with E-state index in [4.69, 9.17) is 4.74 Å². The number of urea groups is 1. The number of anilines is 2. The number of phenolic OH excluding ortho intramolecular Hbond substituents is 1. The van der Waals surface area contributed by atoms with Gasteiger partial charge in [0.2, 0.25) is 0 Å². The summed E-state index contributed by atoms with van der Waals surface area (Å²) in [6, 6.07) is 11.9. The number of carbonyl (C=O) groups excluding carboxylic acids is 1. The van der Waals surface area contributed by atoms with Crippen LogP contribution in [-0.2, 0) is 4.74 Å². The van der Waals surface area contributed by atoms with Crippen LogP contribution in [0.15, 0.2) is 42.5 Å². The summed E-state index contributed by atoms with van der Waals surface area (Å²) in [4.78, 5) is 16.4. The van der Waals surface area contributed by atoms with Crippen molar-refractivity contribution in [1.82, 2.24) is 4.90 Å². The standard InChI is InChI=1S/C24H30FN3O3/c1-16-14-28(15-17(2)31-16)23-8-5-20(13-22(23)25)26-24(30)27-11-9-19(10-12-27)18-3-6-21(29)7-4-18/h3-8,13,16-17,19,29H,9-12,14-15H2,1-2H3,(H,26,30)/t16-,17-/m0/s1. The van der Waals surface area contributed by atoms with Gasteiger partial charge in [-0.3, -0.25) is 0 Å². The summed E-state index contributed by atoms with van der Waals surface area (Å²) in [5.74, 6) is 0.293. The van der Waals surface area contributed by atoms with E-state index in [-0.39, 0.29) is 29.8 Å². The van der Waals surface area contributed by atoms with Gasteiger partial charge in [0, 0.05) is 31.9 Å². The Balaban J connectivity index is 1.33. The van der Waals surface area contributed by atoms with Crippen LogP contribution in [0.2, 0.25) is 0 Å². The fraction of sp³-hybridized carbons (Fsp3) is 0.458. The largest absolute Gasteiger partial charge is 0.508 e. The van der Waals surface area contributed by atoms with Gasteiger partial charge in [-0.15, -0.1) is 0 Å². The van der Waals surface area contributed by atoms with Crippen LogP contribution in [0.3, 0.4) is 0 Å². The molecule has 2 fully saturated rings. The molecule has 166 valence electrons. The Morgan fingerprint density at radius 1 is 1.06 bits per heavy atom. The normalized spacial score (nSPS) is 22.4. The molecule has 2 amide bonds. The number of benzene rings is 2. The van der Waals surface area contributed by atoms with Crippen LogP contribution in [0.25, 0.3) is 0 Å². The zero-order valence-corrected chi connectivity index (χ0v) is 18.1. The molecule has 31 heavy (non-hydrogen) atoms. The number of likely N-dealkylation sites (tertiary alicyclic amines) is 1. The minimum atomic E-state index is -0.342. The van der Waals surface area contributed by atoms with E-state index in [2.05, 4.69) is 5.32 Å². The molecule has 2 aliphatic rings. The van der Waals surface area contributed by atoms with Gasteiger partial charge in [-0.25, -0.2) is 9.18 Å². The Morgan fingerprint density at radius 2 is 1.71 bits per heavy atom. The van der Waals surface area contributed by atoms with E-state index in [9.17, 15) is 14.3 Å². The zero-order valence-electron chi connectivity index (χ0n) is 18.1. The molecule has 2 aliphatic heterocycles. The quantitative estimate of drug-likeness (QED) is 0.754. The minimum Gasteiger partial charge on any atom is -0.508 e. The van der Waals surface area contributed by atoms with Gasteiger partial charge in [-0.2, -0.15) is 0 Å². The molecule has 2 N–H and O–H groups in total. The van der Waals surface area contributed by atoms with Crippen LogP contribution in [0.4, 0.5) is 20.6 Å². The van der Waals surface area contributed by atoms with Crippen molar-refractivity contribution in [3.05, 3.63) is 53.8 Å². The molecular weight excluding hydrogens is 397 g/mol. The number of piperidine rings is 1. The van der Waals surface area contributed by atoms with Crippen LogP contribution in [0.1, 0.15) is 38.2 Å². The Kier molecular flexibility index (Phi) is 6.32. The number of hydrogen-bond donors (Lipinski definition) is 2. The monoisotopic (exact) mass is 427 g/mol. The summed E-state index contributed by atoms with van der Waals surface area (Å²) in [7, 11) is 0. The van der Waals surface area contributed by atoms with Crippen LogP contribution >= 0.6 is 0 Å². The summed E-state index contributed by atoms with van der Waals surface area (Å²) >= 11 is 0. The molecule has 0 aromatic heterocycles. The van der Waals surface area contributed by atoms with Crippen LogP contribution in [0.5, 0.6) is 5.75 Å². The van der Waals surface area contributed by atoms with Crippen molar-refractivity contribution in [3.63, 3.8) is 0 Å². The lowest BCUT2D eigenvalue weighted by atomic mass is 9.89. The number of hydrogen-bond acceptors (Lipinski definition) is 4. The number of ether oxygens (including phenoxy) is 1. The number of phenols is 1. The number of halogens is 1. The molecule has 4 rings (SSSR count). The molecule has 0 unspecified atom stereocenters. The predicted molar refractivity (Wildman–Crippen MR) is 119 cm³/mol. The van der Waals surface area contributed by atoms with Crippen molar-refractivity contribution >= 4 is 17.4 Å². The molecule has 0 spiro atoms. The first-order valence-corrected chi connectivity index (χ1v) is 10.9. The Hall–Kier alpha value is -2.80. The average molecular weight is 428 g/mol. The summed E-state index contributed by atoms with van der Waals surface area (Å²) in [6.07, 6.45) is 1.82. The summed E-state index contributed by atoms with van der Waals surface area (Å²) in [5, 5.41) is 12.3. The van der Waals surface area contributed by atoms with Crippen LogP contribution in [0, 0.1) is 5.82 Å². The molecule has 0 bridgehead atoms. The van der Waals surface area contributed by atoms with Crippen molar-refractivity contribution in [2.24, 2.45) is 0 Å². The van der Waals surface area contributed by atoms with Gasteiger partial charge in [-0.05, 0) is 68.5 Å². The molecule has 2 aromatic carbocycles. The molecule has 2 aromatic rings. The van der Waals surface area contributed by atoms with E-state index in [1.54, 1.807) is 29.2 Å². The summed E-state index contributed by atoms with van der Waals surface area (Å²) < 4.78 is 20.5. The van der Waals surface area contributed by atoms with Gasteiger partial charge >= 0.3 is 6.03 Å². The minimum absolute atomic E-state index is 0.0482. The lowest BCUT2D eigenvalue weighted by Crippen LogP contribution is -2.45. The Bertz CT molecular complexity index is 903. The SMILES string of the molecule is C[C@H]1CN(c2ccc(NC(=O)N3CCC(c4ccc(O)cc4)CC3)cc2F)C[C@H](C)O1. The van der Waals surface area contributed by atoms with Crippen molar-refractivity contribution in [2.75, 3.05) is 36.4 Å².